The normalized spacial score (nSPS) is 18.4. The van der Waals surface area contributed by atoms with Crippen LogP contribution >= 0.6 is 11.6 Å². The van der Waals surface area contributed by atoms with Crippen molar-refractivity contribution in [3.05, 3.63) is 52.8 Å². The summed E-state index contributed by atoms with van der Waals surface area (Å²) in [5, 5.41) is 7.61. The van der Waals surface area contributed by atoms with Crippen molar-refractivity contribution in [2.45, 2.75) is 18.9 Å². The lowest BCUT2D eigenvalue weighted by molar-refractivity contribution is -0.140. The van der Waals surface area contributed by atoms with E-state index in [4.69, 9.17) is 16.3 Å². The molecule has 0 radical (unpaired) electrons. The van der Waals surface area contributed by atoms with E-state index < -0.39 is 0 Å². The first-order chi connectivity index (χ1) is 10.7. The highest BCUT2D eigenvalue weighted by Gasteiger charge is 2.29. The fraction of sp³-hybridized carbons (Fsp3) is 0.375. The van der Waals surface area contributed by atoms with Crippen molar-refractivity contribution in [3.63, 3.8) is 0 Å². The lowest BCUT2D eigenvalue weighted by Gasteiger charge is -2.35. The minimum absolute atomic E-state index is 0.0750. The fourth-order valence-electron chi connectivity index (χ4n) is 2.66. The van der Waals surface area contributed by atoms with Crippen LogP contribution in [0.1, 0.15) is 23.7 Å². The number of rotatable bonds is 4. The average molecular weight is 320 g/mol. The first kappa shape index (κ1) is 15.1. The summed E-state index contributed by atoms with van der Waals surface area (Å²) < 4.78 is 5.51. The summed E-state index contributed by atoms with van der Waals surface area (Å²) in [7, 11) is 0. The van der Waals surface area contributed by atoms with E-state index in [0.717, 1.165) is 11.3 Å². The molecule has 3 rings (SSSR count). The Kier molecular flexibility index (Phi) is 4.75. The Hall–Kier alpha value is -1.85. The van der Waals surface area contributed by atoms with Gasteiger partial charge in [0.25, 0.3) is 0 Å². The van der Waals surface area contributed by atoms with Gasteiger partial charge in [0.1, 0.15) is 0 Å². The van der Waals surface area contributed by atoms with Crippen LogP contribution in [0.25, 0.3) is 0 Å². The van der Waals surface area contributed by atoms with Crippen LogP contribution < -0.4 is 0 Å². The minimum atomic E-state index is -0.0750. The second kappa shape index (κ2) is 6.94. The van der Waals surface area contributed by atoms with E-state index in [9.17, 15) is 4.79 Å². The zero-order chi connectivity index (χ0) is 15.4. The lowest BCUT2D eigenvalue weighted by atomic mass is 10.1. The molecule has 2 aromatic rings. The molecule has 1 atom stereocenters. The van der Waals surface area contributed by atoms with Crippen molar-refractivity contribution < 1.29 is 9.53 Å². The molecular formula is C16H18ClN3O2. The standard InChI is InChI=1S/C16H18ClN3O2/c17-13-4-1-12(2-5-13)3-6-16(21)20-9-10-22-11-15(20)14-7-8-18-19-14/h1-2,4-5,7-8,15H,3,6,9-11H2,(H,18,19). The highest BCUT2D eigenvalue weighted by Crippen LogP contribution is 2.23. The first-order valence-electron chi connectivity index (χ1n) is 7.35. The molecule has 0 bridgehead atoms. The maximum Gasteiger partial charge on any atom is 0.223 e. The summed E-state index contributed by atoms with van der Waals surface area (Å²) in [5.74, 6) is 0.137. The summed E-state index contributed by atoms with van der Waals surface area (Å²) in [6.07, 6.45) is 2.88. The number of aromatic amines is 1. The minimum Gasteiger partial charge on any atom is -0.377 e. The van der Waals surface area contributed by atoms with E-state index in [2.05, 4.69) is 10.2 Å². The van der Waals surface area contributed by atoms with Gasteiger partial charge < -0.3 is 9.64 Å². The zero-order valence-corrected chi connectivity index (χ0v) is 12.9. The van der Waals surface area contributed by atoms with Crippen molar-refractivity contribution >= 4 is 17.5 Å². The zero-order valence-electron chi connectivity index (χ0n) is 12.2. The maximum absolute atomic E-state index is 12.6. The molecule has 116 valence electrons. The molecule has 1 fully saturated rings. The predicted molar refractivity (Wildman–Crippen MR) is 83.6 cm³/mol. The summed E-state index contributed by atoms with van der Waals surface area (Å²) >= 11 is 5.87. The number of benzene rings is 1. The van der Waals surface area contributed by atoms with Gasteiger partial charge in [-0.15, -0.1) is 0 Å². The number of nitrogens with one attached hydrogen (secondary N) is 1. The molecule has 22 heavy (non-hydrogen) atoms. The fourth-order valence-corrected chi connectivity index (χ4v) is 2.78. The van der Waals surface area contributed by atoms with E-state index in [0.29, 0.717) is 37.6 Å². The predicted octanol–water partition coefficient (Wildman–Crippen LogP) is 2.60. The SMILES string of the molecule is O=C(CCc1ccc(Cl)cc1)N1CCOCC1c1ccn[nH]1. The van der Waals surface area contributed by atoms with Gasteiger partial charge in [0, 0.05) is 24.2 Å². The largest absolute Gasteiger partial charge is 0.377 e. The Morgan fingerprint density at radius 3 is 2.91 bits per heavy atom. The number of amides is 1. The molecule has 1 aromatic heterocycles. The molecule has 2 heterocycles. The van der Waals surface area contributed by atoms with Crippen molar-refractivity contribution in [2.75, 3.05) is 19.8 Å². The number of ether oxygens (including phenoxy) is 1. The van der Waals surface area contributed by atoms with Gasteiger partial charge in [0.15, 0.2) is 0 Å². The molecule has 1 unspecified atom stereocenters. The van der Waals surface area contributed by atoms with Gasteiger partial charge in [-0.05, 0) is 30.2 Å². The van der Waals surface area contributed by atoms with Crippen LogP contribution in [0.5, 0.6) is 0 Å². The number of carbonyl (C=O) groups is 1. The van der Waals surface area contributed by atoms with Gasteiger partial charge >= 0.3 is 0 Å². The van der Waals surface area contributed by atoms with Crippen LogP contribution in [-0.4, -0.2) is 40.8 Å². The van der Waals surface area contributed by atoms with Gasteiger partial charge in [-0.1, -0.05) is 23.7 Å². The van der Waals surface area contributed by atoms with E-state index in [1.54, 1.807) is 6.20 Å². The molecule has 0 spiro atoms. The molecule has 0 aliphatic carbocycles. The summed E-state index contributed by atoms with van der Waals surface area (Å²) in [6.45, 7) is 1.70. The molecule has 1 amide bonds. The number of aromatic nitrogens is 2. The third-order valence-corrected chi connectivity index (χ3v) is 4.12. The second-order valence-corrected chi connectivity index (χ2v) is 5.75. The van der Waals surface area contributed by atoms with Gasteiger partial charge in [0.05, 0.1) is 24.9 Å². The van der Waals surface area contributed by atoms with Gasteiger partial charge in [-0.2, -0.15) is 5.10 Å². The van der Waals surface area contributed by atoms with Crippen LogP contribution in [0.15, 0.2) is 36.5 Å². The molecule has 0 saturated carbocycles. The van der Waals surface area contributed by atoms with Crippen LogP contribution in [0, 0.1) is 0 Å². The number of nitrogens with zero attached hydrogens (tertiary/aromatic N) is 2. The van der Waals surface area contributed by atoms with Crippen molar-refractivity contribution in [2.24, 2.45) is 0 Å². The van der Waals surface area contributed by atoms with E-state index >= 15 is 0 Å². The van der Waals surface area contributed by atoms with Crippen LogP contribution in [0.4, 0.5) is 0 Å². The van der Waals surface area contributed by atoms with Crippen LogP contribution in [-0.2, 0) is 16.0 Å². The number of halogens is 1. The molecule has 6 heteroatoms. The van der Waals surface area contributed by atoms with E-state index in [-0.39, 0.29) is 11.9 Å². The van der Waals surface area contributed by atoms with Gasteiger partial charge in [0.2, 0.25) is 5.91 Å². The molecule has 1 aromatic carbocycles. The molecule has 1 aliphatic heterocycles. The number of H-pyrrole nitrogens is 1. The summed E-state index contributed by atoms with van der Waals surface area (Å²) in [4.78, 5) is 14.4. The van der Waals surface area contributed by atoms with Crippen LogP contribution in [0.3, 0.4) is 0 Å². The highest BCUT2D eigenvalue weighted by atomic mass is 35.5. The number of hydrogen-bond acceptors (Lipinski definition) is 3. The quantitative estimate of drug-likeness (QED) is 0.942. The monoisotopic (exact) mass is 319 g/mol. The highest BCUT2D eigenvalue weighted by molar-refractivity contribution is 6.30. The Morgan fingerprint density at radius 2 is 2.18 bits per heavy atom. The third kappa shape index (κ3) is 3.48. The topological polar surface area (TPSA) is 58.2 Å². The van der Waals surface area contributed by atoms with Crippen LogP contribution in [0.2, 0.25) is 5.02 Å². The molecule has 1 saturated heterocycles. The Bertz CT molecular complexity index is 613. The maximum atomic E-state index is 12.6. The van der Waals surface area contributed by atoms with E-state index in [1.807, 2.05) is 35.2 Å². The molecule has 1 N–H and O–H groups in total. The van der Waals surface area contributed by atoms with Gasteiger partial charge in [-0.3, -0.25) is 9.89 Å². The van der Waals surface area contributed by atoms with Gasteiger partial charge in [-0.25, -0.2) is 0 Å². The Balaban J connectivity index is 1.63. The number of hydrogen-bond donors (Lipinski definition) is 1. The summed E-state index contributed by atoms with van der Waals surface area (Å²) in [5.41, 5.74) is 2.03. The molecular weight excluding hydrogens is 302 g/mol. The summed E-state index contributed by atoms with van der Waals surface area (Å²) in [6, 6.07) is 9.43. The van der Waals surface area contributed by atoms with Crippen molar-refractivity contribution in [1.82, 2.24) is 15.1 Å². The number of aryl methyl sites for hydroxylation is 1. The van der Waals surface area contributed by atoms with E-state index in [1.165, 1.54) is 0 Å². The number of morpholine rings is 1. The number of carbonyl (C=O) groups excluding carboxylic acids is 1. The lowest BCUT2D eigenvalue weighted by Crippen LogP contribution is -2.43. The average Bonchev–Trinajstić information content (AvgIpc) is 3.08. The second-order valence-electron chi connectivity index (χ2n) is 5.32. The van der Waals surface area contributed by atoms with Crippen molar-refractivity contribution in [1.29, 1.82) is 0 Å². The molecule has 1 aliphatic rings. The van der Waals surface area contributed by atoms with Crippen molar-refractivity contribution in [3.8, 4) is 0 Å². The Morgan fingerprint density at radius 1 is 1.36 bits per heavy atom. The Labute approximate surface area is 134 Å². The first-order valence-corrected chi connectivity index (χ1v) is 7.73. The molecule has 5 nitrogen and oxygen atoms in total. The smallest absolute Gasteiger partial charge is 0.223 e. The third-order valence-electron chi connectivity index (χ3n) is 3.87.